The van der Waals surface area contributed by atoms with Crippen LogP contribution in [0.25, 0.3) is 0 Å². The third-order valence-electron chi connectivity index (χ3n) is 3.58. The van der Waals surface area contributed by atoms with Gasteiger partial charge in [0.2, 0.25) is 0 Å². The van der Waals surface area contributed by atoms with Gasteiger partial charge in [-0.25, -0.2) is 8.78 Å². The highest BCUT2D eigenvalue weighted by molar-refractivity contribution is 14.1. The van der Waals surface area contributed by atoms with Gasteiger partial charge in [0, 0.05) is 22.0 Å². The Kier molecular flexibility index (Phi) is 5.33. The van der Waals surface area contributed by atoms with Crippen molar-refractivity contribution in [2.45, 2.75) is 51.4 Å². The maximum absolute atomic E-state index is 14.1. The van der Waals surface area contributed by atoms with Gasteiger partial charge in [-0.3, -0.25) is 0 Å². The van der Waals surface area contributed by atoms with Gasteiger partial charge in [0.25, 0.3) is 0 Å². The summed E-state index contributed by atoms with van der Waals surface area (Å²) in [6.07, 6.45) is 0.303. The van der Waals surface area contributed by atoms with Gasteiger partial charge in [-0.1, -0.05) is 27.0 Å². The molecule has 1 aliphatic heterocycles. The Morgan fingerprint density at radius 3 is 2.61 bits per heavy atom. The molecule has 0 radical (unpaired) electrons. The van der Waals surface area contributed by atoms with Crippen molar-refractivity contribution in [2.24, 2.45) is 4.40 Å². The Balaban J connectivity index is 2.52. The molecule has 0 aromatic heterocycles. The third-order valence-corrected chi connectivity index (χ3v) is 6.68. The predicted molar refractivity (Wildman–Crippen MR) is 98.1 cm³/mol. The van der Waals surface area contributed by atoms with E-state index in [0.29, 0.717) is 27.9 Å². The van der Waals surface area contributed by atoms with Crippen LogP contribution in [-0.2, 0) is 17.8 Å². The predicted octanol–water partition coefficient (Wildman–Crippen LogP) is 4.36. The number of alkyl halides is 1. The summed E-state index contributed by atoms with van der Waals surface area (Å²) in [4.78, 5) is 0. The molecule has 0 saturated heterocycles. The Hall–Kier alpha value is -0.410. The lowest BCUT2D eigenvalue weighted by Crippen LogP contribution is -2.32. The Morgan fingerprint density at radius 2 is 2.09 bits per heavy atom. The quantitative estimate of drug-likeness (QED) is 0.294. The first-order chi connectivity index (χ1) is 10.5. The maximum atomic E-state index is 14.1. The normalized spacial score (nSPS) is 22.7. The van der Waals surface area contributed by atoms with Gasteiger partial charge in [-0.2, -0.15) is 0 Å². The first kappa shape index (κ1) is 18.9. The van der Waals surface area contributed by atoms with Crippen molar-refractivity contribution in [3.63, 3.8) is 0 Å². The minimum atomic E-state index is -1.48. The number of hydrogen-bond acceptors (Lipinski definition) is 3. The Labute approximate surface area is 152 Å². The molecule has 0 N–H and O–H groups in total. The highest BCUT2D eigenvalue weighted by Crippen LogP contribution is 2.41. The summed E-state index contributed by atoms with van der Waals surface area (Å²) in [6.45, 7) is 8.91. The van der Waals surface area contributed by atoms with Crippen LogP contribution in [0.5, 0.6) is 5.75 Å². The largest absolute Gasteiger partial charge is 0.591 e. The maximum Gasteiger partial charge on any atom is 0.165 e. The van der Waals surface area contributed by atoms with Crippen molar-refractivity contribution in [2.75, 3.05) is 4.43 Å². The molecule has 23 heavy (non-hydrogen) atoms. The van der Waals surface area contributed by atoms with Gasteiger partial charge in [0.05, 0.1) is 5.71 Å². The van der Waals surface area contributed by atoms with Crippen LogP contribution in [0.1, 0.15) is 45.7 Å². The van der Waals surface area contributed by atoms with E-state index in [4.69, 9.17) is 4.74 Å². The lowest BCUT2D eigenvalue weighted by Gasteiger charge is -2.22. The van der Waals surface area contributed by atoms with Crippen LogP contribution in [0.2, 0.25) is 0 Å². The number of hydrogen-bond donors (Lipinski definition) is 0. The monoisotopic (exact) mass is 455 g/mol. The molecule has 1 aromatic rings. The second-order valence-corrected chi connectivity index (χ2v) is 9.60. The second-order valence-electron chi connectivity index (χ2n) is 6.93. The van der Waals surface area contributed by atoms with Crippen LogP contribution >= 0.6 is 22.6 Å². The average Bonchev–Trinajstić information content (AvgIpc) is 2.80. The topological polar surface area (TPSA) is 44.7 Å². The first-order valence-electron chi connectivity index (χ1n) is 7.22. The van der Waals surface area contributed by atoms with Crippen molar-refractivity contribution in [1.29, 1.82) is 0 Å². The summed E-state index contributed by atoms with van der Waals surface area (Å²) in [5, 5.41) is 0. The number of rotatable bonds is 3. The molecular weight excluding hydrogens is 435 g/mol. The molecule has 0 amide bonds. The minimum Gasteiger partial charge on any atom is -0.591 e. The van der Waals surface area contributed by atoms with Crippen LogP contribution in [0.4, 0.5) is 8.78 Å². The Bertz CT molecular complexity index is 660. The molecule has 1 aromatic carbocycles. The van der Waals surface area contributed by atoms with Crippen molar-refractivity contribution in [1.82, 2.24) is 0 Å². The molecule has 1 aliphatic rings. The summed E-state index contributed by atoms with van der Waals surface area (Å²) in [5.41, 5.74) is 0.405. The fraction of sp³-hybridized carbons (Fsp3) is 0.562. The van der Waals surface area contributed by atoms with Gasteiger partial charge >= 0.3 is 0 Å². The van der Waals surface area contributed by atoms with Crippen molar-refractivity contribution in [3.05, 3.63) is 28.8 Å². The van der Waals surface area contributed by atoms with Crippen molar-refractivity contribution in [3.8, 4) is 5.75 Å². The number of benzene rings is 1. The van der Waals surface area contributed by atoms with Crippen molar-refractivity contribution >= 4 is 39.7 Å². The number of nitrogens with zero attached hydrogens (tertiary/aromatic N) is 1. The van der Waals surface area contributed by atoms with E-state index < -0.39 is 33.3 Å². The molecule has 0 fully saturated rings. The fourth-order valence-electron chi connectivity index (χ4n) is 2.25. The lowest BCUT2D eigenvalue weighted by atomic mass is 9.98. The number of ether oxygens (including phenoxy) is 1. The summed E-state index contributed by atoms with van der Waals surface area (Å²) in [6, 6.07) is 1.08. The van der Waals surface area contributed by atoms with E-state index in [1.807, 2.05) is 6.92 Å². The molecule has 0 spiro atoms. The summed E-state index contributed by atoms with van der Waals surface area (Å²) < 4.78 is 50.5. The van der Waals surface area contributed by atoms with Crippen LogP contribution in [0.15, 0.2) is 10.5 Å². The number of fused-ring (bicyclic) bond motifs is 1. The molecule has 128 valence electrons. The summed E-state index contributed by atoms with van der Waals surface area (Å²) in [5.74, 6) is -1.49. The zero-order valence-electron chi connectivity index (χ0n) is 13.8. The molecular formula is C16H20F2INO2S. The third kappa shape index (κ3) is 3.82. The zero-order valence-corrected chi connectivity index (χ0v) is 16.8. The standard InChI is InChI=1S/C16H20F2INO2S/c1-9(20-23(21)15(2,3)4)10-6-12(17)13(18)11-7-16(5,8-19)22-14(10)11/h6H,7-8H2,1-5H3/b20-9+/t16?,23-/m1/s1. The van der Waals surface area contributed by atoms with Crippen LogP contribution in [0.3, 0.4) is 0 Å². The second kappa shape index (κ2) is 6.48. The van der Waals surface area contributed by atoms with E-state index in [9.17, 15) is 13.3 Å². The molecule has 0 saturated carbocycles. The first-order valence-corrected chi connectivity index (χ1v) is 9.85. The van der Waals surface area contributed by atoms with Crippen LogP contribution in [-0.4, -0.2) is 25.0 Å². The van der Waals surface area contributed by atoms with E-state index >= 15 is 0 Å². The molecule has 1 heterocycles. The van der Waals surface area contributed by atoms with E-state index in [0.717, 1.165) is 6.07 Å². The molecule has 2 atom stereocenters. The summed E-state index contributed by atoms with van der Waals surface area (Å²) >= 11 is 0.682. The van der Waals surface area contributed by atoms with Gasteiger partial charge in [-0.15, -0.1) is 0 Å². The SMILES string of the molecule is C/C(=N\[S@+]([O-])C(C)(C)C)c1cc(F)c(F)c2c1OC(C)(CI)C2. The van der Waals surface area contributed by atoms with Gasteiger partial charge in [0.1, 0.15) is 27.5 Å². The molecule has 7 heteroatoms. The van der Waals surface area contributed by atoms with Gasteiger partial charge < -0.3 is 9.29 Å². The number of halogens is 3. The van der Waals surface area contributed by atoms with E-state index in [2.05, 4.69) is 27.0 Å². The Morgan fingerprint density at radius 1 is 1.48 bits per heavy atom. The van der Waals surface area contributed by atoms with E-state index in [-0.39, 0.29) is 5.56 Å². The zero-order chi connectivity index (χ0) is 17.6. The lowest BCUT2D eigenvalue weighted by molar-refractivity contribution is 0.147. The minimum absolute atomic E-state index is 0.232. The van der Waals surface area contributed by atoms with E-state index in [1.54, 1.807) is 27.7 Å². The average molecular weight is 455 g/mol. The molecule has 0 bridgehead atoms. The molecule has 0 aliphatic carbocycles. The molecule has 2 rings (SSSR count). The van der Waals surface area contributed by atoms with E-state index in [1.165, 1.54) is 0 Å². The van der Waals surface area contributed by atoms with Crippen molar-refractivity contribution < 1.29 is 18.1 Å². The van der Waals surface area contributed by atoms with Crippen LogP contribution < -0.4 is 4.74 Å². The highest BCUT2D eigenvalue weighted by Gasteiger charge is 2.39. The molecule has 1 unspecified atom stereocenters. The molecule has 3 nitrogen and oxygen atoms in total. The fourth-order valence-corrected chi connectivity index (χ4v) is 3.29. The van der Waals surface area contributed by atoms with Crippen LogP contribution in [0, 0.1) is 11.6 Å². The highest BCUT2D eigenvalue weighted by atomic mass is 127. The van der Waals surface area contributed by atoms with Gasteiger partial charge in [0.15, 0.2) is 11.6 Å². The smallest absolute Gasteiger partial charge is 0.165 e. The van der Waals surface area contributed by atoms with Gasteiger partial charge in [-0.05, 0) is 40.7 Å². The summed E-state index contributed by atoms with van der Waals surface area (Å²) in [7, 11) is 0.